The summed E-state index contributed by atoms with van der Waals surface area (Å²) in [4.78, 5) is 14.6. The zero-order chi connectivity index (χ0) is 18.4. The van der Waals surface area contributed by atoms with Crippen LogP contribution in [0.4, 0.5) is 0 Å². The van der Waals surface area contributed by atoms with Gasteiger partial charge in [-0.25, -0.2) is 0 Å². The molecule has 1 aromatic rings. The van der Waals surface area contributed by atoms with Crippen LogP contribution in [0.2, 0.25) is 0 Å². The van der Waals surface area contributed by atoms with Gasteiger partial charge in [0.2, 0.25) is 5.91 Å². The van der Waals surface area contributed by atoms with Crippen molar-refractivity contribution in [1.82, 2.24) is 10.2 Å². The standard InChI is InChI=1S/C19H30N2O4/c1-13-11-21(12-14(2)25-13)15(3)19(22)20-9-8-16-6-7-17(23-4)18(10-16)24-5/h6-7,10,13-15H,8-9,11-12H2,1-5H3,(H,20,22)/t13-,14+,15-/m0/s1. The smallest absolute Gasteiger partial charge is 0.237 e. The molecule has 1 aliphatic rings. The summed E-state index contributed by atoms with van der Waals surface area (Å²) in [7, 11) is 3.24. The Kier molecular flexibility index (Phi) is 7.08. The number of morpholine rings is 1. The fraction of sp³-hybridized carbons (Fsp3) is 0.632. The predicted molar refractivity (Wildman–Crippen MR) is 97.3 cm³/mol. The van der Waals surface area contributed by atoms with Crippen molar-refractivity contribution in [3.05, 3.63) is 23.8 Å². The van der Waals surface area contributed by atoms with Crippen molar-refractivity contribution in [2.45, 2.75) is 45.4 Å². The van der Waals surface area contributed by atoms with E-state index in [1.807, 2.05) is 39.0 Å². The van der Waals surface area contributed by atoms with Gasteiger partial charge in [0.1, 0.15) is 0 Å². The first-order valence-corrected chi connectivity index (χ1v) is 8.82. The average Bonchev–Trinajstić information content (AvgIpc) is 2.59. The number of amides is 1. The fourth-order valence-electron chi connectivity index (χ4n) is 3.21. The summed E-state index contributed by atoms with van der Waals surface area (Å²) in [5, 5.41) is 3.03. The van der Waals surface area contributed by atoms with Gasteiger partial charge in [0.05, 0.1) is 32.5 Å². The van der Waals surface area contributed by atoms with Crippen LogP contribution in [0.5, 0.6) is 11.5 Å². The number of ether oxygens (including phenoxy) is 3. The Morgan fingerprint density at radius 1 is 1.24 bits per heavy atom. The normalized spacial score (nSPS) is 22.3. The topological polar surface area (TPSA) is 60.0 Å². The molecule has 140 valence electrons. The highest BCUT2D eigenvalue weighted by Crippen LogP contribution is 2.27. The zero-order valence-corrected chi connectivity index (χ0v) is 15.9. The van der Waals surface area contributed by atoms with E-state index in [0.717, 1.165) is 25.1 Å². The molecule has 3 atom stereocenters. The summed E-state index contributed by atoms with van der Waals surface area (Å²) in [6.07, 6.45) is 1.06. The second-order valence-corrected chi connectivity index (χ2v) is 6.62. The lowest BCUT2D eigenvalue weighted by molar-refractivity contribution is -0.131. The maximum atomic E-state index is 12.4. The summed E-state index contributed by atoms with van der Waals surface area (Å²) in [6.45, 7) is 8.21. The molecule has 1 saturated heterocycles. The van der Waals surface area contributed by atoms with Crippen molar-refractivity contribution in [1.29, 1.82) is 0 Å². The van der Waals surface area contributed by atoms with Crippen LogP contribution in [0.15, 0.2) is 18.2 Å². The lowest BCUT2D eigenvalue weighted by Gasteiger charge is -2.38. The molecular weight excluding hydrogens is 320 g/mol. The van der Waals surface area contributed by atoms with Gasteiger partial charge in [-0.15, -0.1) is 0 Å². The average molecular weight is 350 g/mol. The van der Waals surface area contributed by atoms with Crippen LogP contribution in [0.3, 0.4) is 0 Å². The van der Waals surface area contributed by atoms with E-state index in [2.05, 4.69) is 10.2 Å². The van der Waals surface area contributed by atoms with Crippen molar-refractivity contribution in [2.24, 2.45) is 0 Å². The largest absolute Gasteiger partial charge is 0.493 e. The van der Waals surface area contributed by atoms with E-state index in [1.54, 1.807) is 14.2 Å². The molecule has 0 saturated carbocycles. The van der Waals surface area contributed by atoms with Crippen molar-refractivity contribution in [3.8, 4) is 11.5 Å². The van der Waals surface area contributed by atoms with Crippen molar-refractivity contribution < 1.29 is 19.0 Å². The predicted octanol–water partition coefficient (Wildman–Crippen LogP) is 1.86. The van der Waals surface area contributed by atoms with Gasteiger partial charge < -0.3 is 19.5 Å². The first-order valence-electron chi connectivity index (χ1n) is 8.82. The first-order chi connectivity index (χ1) is 11.9. The number of hydrogen-bond donors (Lipinski definition) is 1. The molecule has 0 unspecified atom stereocenters. The van der Waals surface area contributed by atoms with Gasteiger partial charge in [-0.2, -0.15) is 0 Å². The van der Waals surface area contributed by atoms with Crippen LogP contribution in [0.25, 0.3) is 0 Å². The highest BCUT2D eigenvalue weighted by molar-refractivity contribution is 5.81. The van der Waals surface area contributed by atoms with Gasteiger partial charge in [-0.1, -0.05) is 6.07 Å². The van der Waals surface area contributed by atoms with Crippen LogP contribution < -0.4 is 14.8 Å². The molecular formula is C19H30N2O4. The minimum Gasteiger partial charge on any atom is -0.493 e. The molecule has 25 heavy (non-hydrogen) atoms. The third-order valence-electron chi connectivity index (χ3n) is 4.54. The van der Waals surface area contributed by atoms with E-state index >= 15 is 0 Å². The Morgan fingerprint density at radius 3 is 2.48 bits per heavy atom. The van der Waals surface area contributed by atoms with E-state index in [0.29, 0.717) is 18.0 Å². The van der Waals surface area contributed by atoms with E-state index in [9.17, 15) is 4.79 Å². The summed E-state index contributed by atoms with van der Waals surface area (Å²) in [5.74, 6) is 1.47. The maximum Gasteiger partial charge on any atom is 0.237 e. The third kappa shape index (κ3) is 5.34. The molecule has 1 aromatic carbocycles. The van der Waals surface area contributed by atoms with Gasteiger partial charge in [-0.05, 0) is 44.9 Å². The third-order valence-corrected chi connectivity index (χ3v) is 4.54. The Balaban J connectivity index is 1.83. The molecule has 0 radical (unpaired) electrons. The lowest BCUT2D eigenvalue weighted by atomic mass is 10.1. The van der Waals surface area contributed by atoms with Crippen molar-refractivity contribution in [2.75, 3.05) is 33.9 Å². The lowest BCUT2D eigenvalue weighted by Crippen LogP contribution is -2.54. The summed E-state index contributed by atoms with van der Waals surface area (Å²) in [5.41, 5.74) is 1.10. The Bertz CT molecular complexity index is 569. The molecule has 1 N–H and O–H groups in total. The fourth-order valence-corrected chi connectivity index (χ4v) is 3.21. The Morgan fingerprint density at radius 2 is 1.88 bits per heavy atom. The number of carbonyl (C=O) groups excluding carboxylic acids is 1. The van der Waals surface area contributed by atoms with Crippen molar-refractivity contribution in [3.63, 3.8) is 0 Å². The number of benzene rings is 1. The van der Waals surface area contributed by atoms with Gasteiger partial charge in [0.15, 0.2) is 11.5 Å². The zero-order valence-electron chi connectivity index (χ0n) is 15.9. The highest BCUT2D eigenvalue weighted by Gasteiger charge is 2.28. The Hall–Kier alpha value is -1.79. The van der Waals surface area contributed by atoms with Gasteiger partial charge in [-0.3, -0.25) is 9.69 Å². The Labute approximate surface area is 150 Å². The SMILES string of the molecule is COc1ccc(CCNC(=O)[C@H](C)N2C[C@@H](C)O[C@@H](C)C2)cc1OC. The molecule has 1 heterocycles. The first kappa shape index (κ1) is 19.5. The van der Waals surface area contributed by atoms with E-state index in [1.165, 1.54) is 0 Å². The maximum absolute atomic E-state index is 12.4. The minimum absolute atomic E-state index is 0.0572. The van der Waals surface area contributed by atoms with Gasteiger partial charge >= 0.3 is 0 Å². The van der Waals surface area contributed by atoms with Gasteiger partial charge in [0, 0.05) is 19.6 Å². The number of rotatable bonds is 7. The monoisotopic (exact) mass is 350 g/mol. The van der Waals surface area contributed by atoms with Gasteiger partial charge in [0.25, 0.3) is 0 Å². The summed E-state index contributed by atoms with van der Waals surface area (Å²) in [6, 6.07) is 5.66. The second kappa shape index (κ2) is 9.06. The summed E-state index contributed by atoms with van der Waals surface area (Å²) >= 11 is 0. The molecule has 0 bridgehead atoms. The van der Waals surface area contributed by atoms with E-state index in [4.69, 9.17) is 14.2 Å². The number of nitrogens with zero attached hydrogens (tertiary/aromatic N) is 1. The molecule has 6 nitrogen and oxygen atoms in total. The van der Waals surface area contributed by atoms with Crippen molar-refractivity contribution >= 4 is 5.91 Å². The molecule has 1 amide bonds. The number of methoxy groups -OCH3 is 2. The second-order valence-electron chi connectivity index (χ2n) is 6.62. The molecule has 0 aliphatic carbocycles. The van der Waals surface area contributed by atoms with Crippen LogP contribution >= 0.6 is 0 Å². The van der Waals surface area contributed by atoms with Crippen LogP contribution in [0, 0.1) is 0 Å². The number of hydrogen-bond acceptors (Lipinski definition) is 5. The molecule has 1 aliphatic heterocycles. The van der Waals surface area contributed by atoms with E-state index in [-0.39, 0.29) is 24.2 Å². The van der Waals surface area contributed by atoms with Crippen LogP contribution in [0.1, 0.15) is 26.3 Å². The molecule has 0 aromatic heterocycles. The van der Waals surface area contributed by atoms with Crippen LogP contribution in [-0.2, 0) is 16.0 Å². The molecule has 2 rings (SSSR count). The minimum atomic E-state index is -0.154. The summed E-state index contributed by atoms with van der Waals surface area (Å²) < 4.78 is 16.3. The molecule has 0 spiro atoms. The highest BCUT2D eigenvalue weighted by atomic mass is 16.5. The van der Waals surface area contributed by atoms with E-state index < -0.39 is 0 Å². The van der Waals surface area contributed by atoms with Crippen LogP contribution in [-0.4, -0.2) is 62.9 Å². The number of nitrogens with one attached hydrogen (secondary N) is 1. The quantitative estimate of drug-likeness (QED) is 0.813. The molecule has 6 heteroatoms. The number of carbonyl (C=O) groups is 1. The molecule has 1 fully saturated rings.